The molecule has 0 spiro atoms. The van der Waals surface area contributed by atoms with Crippen LogP contribution in [-0.2, 0) is 20.8 Å². The molecule has 0 saturated carbocycles. The molecule has 3 aromatic rings. The predicted molar refractivity (Wildman–Crippen MR) is 165 cm³/mol. The van der Waals surface area contributed by atoms with E-state index in [1.54, 1.807) is 9.42 Å². The Morgan fingerprint density at radius 1 is 1.14 bits per heavy atom. The highest BCUT2D eigenvalue weighted by molar-refractivity contribution is 5.96. The van der Waals surface area contributed by atoms with Gasteiger partial charge in [0.1, 0.15) is 11.6 Å². The zero-order valence-corrected chi connectivity index (χ0v) is 25.9. The average Bonchev–Trinajstić information content (AvgIpc) is 3.40. The van der Waals surface area contributed by atoms with Crippen molar-refractivity contribution in [2.24, 2.45) is 0 Å². The largest absolute Gasteiger partial charge is 0.444 e. The van der Waals surface area contributed by atoms with Gasteiger partial charge in [-0.25, -0.2) is 4.79 Å². The minimum Gasteiger partial charge on any atom is -0.444 e. The van der Waals surface area contributed by atoms with Crippen LogP contribution in [0.4, 0.5) is 22.4 Å². The molecule has 5 rings (SSSR count). The number of hydrogen-bond donors (Lipinski definition) is 3. The Kier molecular flexibility index (Phi) is 9.34. The Hall–Kier alpha value is -3.93. The number of benzene rings is 1. The summed E-state index contributed by atoms with van der Waals surface area (Å²) in [5, 5.41) is 14.4. The number of rotatable bonds is 8. The highest BCUT2D eigenvalue weighted by Gasteiger charge is 2.35. The van der Waals surface area contributed by atoms with Crippen molar-refractivity contribution in [3.8, 4) is 0 Å². The van der Waals surface area contributed by atoms with Crippen LogP contribution >= 0.6 is 0 Å². The number of fused-ring (bicyclic) bond motifs is 1. The lowest BCUT2D eigenvalue weighted by atomic mass is 10.0. The van der Waals surface area contributed by atoms with E-state index in [-0.39, 0.29) is 17.9 Å². The van der Waals surface area contributed by atoms with E-state index < -0.39 is 17.7 Å². The van der Waals surface area contributed by atoms with Gasteiger partial charge in [-0.15, -0.1) is 0 Å². The molecular weight excluding hydrogens is 548 g/mol. The molecule has 2 saturated heterocycles. The lowest BCUT2D eigenvalue weighted by Gasteiger charge is -2.35. The van der Waals surface area contributed by atoms with E-state index in [2.05, 4.69) is 34.9 Å². The van der Waals surface area contributed by atoms with Crippen LogP contribution in [0.5, 0.6) is 0 Å². The van der Waals surface area contributed by atoms with Gasteiger partial charge in [-0.2, -0.15) is 19.6 Å². The molecule has 12 nitrogen and oxygen atoms in total. The topological polar surface area (TPSA) is 135 Å². The van der Waals surface area contributed by atoms with Crippen molar-refractivity contribution in [2.45, 2.75) is 96.9 Å². The summed E-state index contributed by atoms with van der Waals surface area (Å²) >= 11 is 0. The molecule has 0 aliphatic carbocycles. The van der Waals surface area contributed by atoms with Gasteiger partial charge in [0.25, 0.3) is 0 Å². The normalized spacial score (nSPS) is 19.3. The van der Waals surface area contributed by atoms with Gasteiger partial charge in [0.2, 0.25) is 17.8 Å². The monoisotopic (exact) mass is 592 g/mol. The van der Waals surface area contributed by atoms with Crippen LogP contribution < -0.4 is 16.0 Å². The van der Waals surface area contributed by atoms with Gasteiger partial charge in [0.05, 0.1) is 18.8 Å². The molecule has 2 fully saturated rings. The molecule has 2 aromatic heterocycles. The summed E-state index contributed by atoms with van der Waals surface area (Å²) in [5.41, 5.74) is 2.78. The molecule has 2 atom stereocenters. The Morgan fingerprint density at radius 2 is 1.98 bits per heavy atom. The Labute approximate surface area is 252 Å². The van der Waals surface area contributed by atoms with E-state index in [1.807, 2.05) is 51.2 Å². The van der Waals surface area contributed by atoms with E-state index in [4.69, 9.17) is 19.4 Å². The number of carbonyl (C=O) groups excluding carboxylic acids is 2. The van der Waals surface area contributed by atoms with Crippen LogP contribution in [-0.4, -0.2) is 73.9 Å². The van der Waals surface area contributed by atoms with Crippen LogP contribution in [0.1, 0.15) is 83.8 Å². The summed E-state index contributed by atoms with van der Waals surface area (Å²) in [6.45, 7) is 12.1. The third-order valence-corrected chi connectivity index (χ3v) is 7.59. The first kappa shape index (κ1) is 30.5. The second-order valence-corrected chi connectivity index (χ2v) is 12.6. The third-order valence-electron chi connectivity index (χ3n) is 7.59. The number of amides is 2. The van der Waals surface area contributed by atoms with Gasteiger partial charge >= 0.3 is 6.09 Å². The van der Waals surface area contributed by atoms with Crippen LogP contribution in [0.2, 0.25) is 0 Å². The summed E-state index contributed by atoms with van der Waals surface area (Å²) in [4.78, 5) is 37.2. The van der Waals surface area contributed by atoms with E-state index in [0.29, 0.717) is 43.7 Å². The van der Waals surface area contributed by atoms with Crippen LogP contribution in [0.25, 0.3) is 5.65 Å². The summed E-state index contributed by atoms with van der Waals surface area (Å²) in [7, 11) is 0. The summed E-state index contributed by atoms with van der Waals surface area (Å²) in [6.07, 6.45) is 5.72. The quantitative estimate of drug-likeness (QED) is 0.323. The second kappa shape index (κ2) is 13.2. The SMILES string of the molecule is CC(C)c1cnn2c(NCc3cccc(NC(=O)C4CCCCN4C(=O)OC(C)(C)C)c3)nc(NC3CCCOC3)nc12. The van der Waals surface area contributed by atoms with Gasteiger partial charge in [-0.05, 0) is 76.5 Å². The van der Waals surface area contributed by atoms with E-state index in [9.17, 15) is 9.59 Å². The van der Waals surface area contributed by atoms with Crippen LogP contribution in [0.3, 0.4) is 0 Å². The zero-order chi connectivity index (χ0) is 30.6. The van der Waals surface area contributed by atoms with E-state index >= 15 is 0 Å². The summed E-state index contributed by atoms with van der Waals surface area (Å²) in [6, 6.07) is 7.23. The molecule has 232 valence electrons. The molecule has 12 heteroatoms. The first-order valence-electron chi connectivity index (χ1n) is 15.3. The maximum absolute atomic E-state index is 13.3. The zero-order valence-electron chi connectivity index (χ0n) is 25.9. The van der Waals surface area contributed by atoms with Gasteiger partial charge < -0.3 is 25.4 Å². The predicted octanol–water partition coefficient (Wildman–Crippen LogP) is 5.18. The number of likely N-dealkylation sites (tertiary alicyclic amines) is 1. The minimum atomic E-state index is -0.625. The molecule has 2 aliphatic heterocycles. The van der Waals surface area contributed by atoms with E-state index in [1.165, 1.54) is 0 Å². The minimum absolute atomic E-state index is 0.158. The molecule has 4 heterocycles. The van der Waals surface area contributed by atoms with Crippen LogP contribution in [0.15, 0.2) is 30.5 Å². The molecular formula is C31H44N8O4. The Bertz CT molecular complexity index is 1430. The smallest absolute Gasteiger partial charge is 0.410 e. The number of hydrogen-bond acceptors (Lipinski definition) is 9. The maximum atomic E-state index is 13.3. The molecule has 2 amide bonds. The van der Waals surface area contributed by atoms with Crippen molar-refractivity contribution in [2.75, 3.05) is 35.7 Å². The van der Waals surface area contributed by atoms with Crippen molar-refractivity contribution in [1.29, 1.82) is 0 Å². The Balaban J connectivity index is 1.29. The number of aromatic nitrogens is 4. The standard InChI is InChI=1S/C31H44N8O4/c1-20(2)24-18-33-39-26(24)36-28(35-23-12-9-15-42-19-23)37-29(39)32-17-21-10-8-11-22(16-21)34-27(40)25-13-6-7-14-38(25)30(41)43-31(3,4)5/h8,10-11,16,18,20,23,25H,6-7,9,12-15,17,19H2,1-5H3,(H,34,40)(H2,32,35,36,37). The highest BCUT2D eigenvalue weighted by Crippen LogP contribution is 2.25. The molecule has 0 radical (unpaired) electrons. The van der Waals surface area contributed by atoms with Gasteiger partial charge in [-0.3, -0.25) is 9.69 Å². The first-order valence-corrected chi connectivity index (χ1v) is 15.3. The molecule has 2 aliphatic rings. The van der Waals surface area contributed by atoms with Crippen molar-refractivity contribution in [3.63, 3.8) is 0 Å². The first-order chi connectivity index (χ1) is 20.6. The summed E-state index contributed by atoms with van der Waals surface area (Å²) in [5.74, 6) is 1.15. The van der Waals surface area contributed by atoms with Crippen molar-refractivity contribution in [1.82, 2.24) is 24.5 Å². The fraction of sp³-hybridized carbons (Fsp3) is 0.581. The van der Waals surface area contributed by atoms with Crippen molar-refractivity contribution >= 4 is 35.2 Å². The number of nitrogens with one attached hydrogen (secondary N) is 3. The van der Waals surface area contributed by atoms with Crippen molar-refractivity contribution < 1.29 is 19.1 Å². The highest BCUT2D eigenvalue weighted by atomic mass is 16.6. The van der Waals surface area contributed by atoms with Gasteiger partial charge in [0.15, 0.2) is 5.65 Å². The average molecular weight is 593 g/mol. The number of nitrogens with zero attached hydrogens (tertiary/aromatic N) is 5. The molecule has 2 unspecified atom stereocenters. The molecule has 0 bridgehead atoms. The summed E-state index contributed by atoms with van der Waals surface area (Å²) < 4.78 is 12.9. The number of ether oxygens (including phenoxy) is 2. The lowest BCUT2D eigenvalue weighted by molar-refractivity contribution is -0.122. The lowest BCUT2D eigenvalue weighted by Crippen LogP contribution is -2.51. The van der Waals surface area contributed by atoms with Gasteiger partial charge in [-0.1, -0.05) is 26.0 Å². The fourth-order valence-electron chi connectivity index (χ4n) is 5.43. The number of carbonyl (C=O) groups is 2. The second-order valence-electron chi connectivity index (χ2n) is 12.6. The number of anilines is 3. The third kappa shape index (κ3) is 7.73. The molecule has 3 N–H and O–H groups in total. The van der Waals surface area contributed by atoms with Crippen LogP contribution in [0, 0.1) is 0 Å². The van der Waals surface area contributed by atoms with E-state index in [0.717, 1.165) is 49.1 Å². The fourth-order valence-corrected chi connectivity index (χ4v) is 5.43. The van der Waals surface area contributed by atoms with Gasteiger partial charge in [0, 0.05) is 30.9 Å². The Morgan fingerprint density at radius 3 is 2.72 bits per heavy atom. The maximum Gasteiger partial charge on any atom is 0.410 e. The van der Waals surface area contributed by atoms with Crippen molar-refractivity contribution in [3.05, 3.63) is 41.6 Å². The molecule has 43 heavy (non-hydrogen) atoms. The molecule has 1 aromatic carbocycles. The number of piperidine rings is 1.